The maximum absolute atomic E-state index is 12.2. The first-order chi connectivity index (χ1) is 11.4. The number of aromatic nitrogens is 1. The molecule has 1 atom stereocenters. The number of carbonyl (C=O) groups excluding carboxylic acids is 2. The van der Waals surface area contributed by atoms with Crippen molar-refractivity contribution in [2.45, 2.75) is 18.1 Å². The Morgan fingerprint density at radius 3 is 2.71 bits per heavy atom. The van der Waals surface area contributed by atoms with Crippen LogP contribution in [0.4, 0.5) is 5.69 Å². The van der Waals surface area contributed by atoms with E-state index in [1.807, 2.05) is 0 Å². The Labute approximate surface area is 153 Å². The highest BCUT2D eigenvalue weighted by atomic mass is 35.5. The van der Waals surface area contributed by atoms with Crippen molar-refractivity contribution < 1.29 is 14.3 Å². The van der Waals surface area contributed by atoms with E-state index in [0.717, 1.165) is 0 Å². The van der Waals surface area contributed by atoms with Crippen LogP contribution < -0.4 is 5.32 Å². The van der Waals surface area contributed by atoms with Crippen molar-refractivity contribution in [3.8, 4) is 0 Å². The first kappa shape index (κ1) is 18.6. The molecule has 1 N–H and O–H groups in total. The summed E-state index contributed by atoms with van der Waals surface area (Å²) in [6.45, 7) is 1.48. The number of ether oxygens (including phenoxy) is 1. The van der Waals surface area contributed by atoms with Gasteiger partial charge in [-0.25, -0.2) is 9.78 Å². The van der Waals surface area contributed by atoms with Crippen molar-refractivity contribution in [3.05, 3.63) is 52.1 Å². The molecule has 0 spiro atoms. The van der Waals surface area contributed by atoms with Crippen molar-refractivity contribution in [3.63, 3.8) is 0 Å². The number of pyridine rings is 1. The molecule has 1 amide bonds. The quantitative estimate of drug-likeness (QED) is 0.614. The van der Waals surface area contributed by atoms with E-state index in [1.54, 1.807) is 36.7 Å². The third-order valence-corrected chi connectivity index (χ3v) is 4.29. The molecule has 5 nitrogen and oxygen atoms in total. The second kappa shape index (κ2) is 8.37. The van der Waals surface area contributed by atoms with Crippen LogP contribution in [-0.4, -0.2) is 29.2 Å². The summed E-state index contributed by atoms with van der Waals surface area (Å²) < 4.78 is 5.20. The molecule has 0 aliphatic rings. The first-order valence-corrected chi connectivity index (χ1v) is 8.86. The maximum atomic E-state index is 12.2. The van der Waals surface area contributed by atoms with Crippen molar-refractivity contribution in [1.29, 1.82) is 0 Å². The van der Waals surface area contributed by atoms with Gasteiger partial charge in [-0.15, -0.1) is 11.8 Å². The van der Waals surface area contributed by atoms with E-state index in [-0.39, 0.29) is 0 Å². The SMILES string of the molecule is CSc1ncccc1C(=O)O[C@@H](C)C(=O)Nc1ccc(Cl)cc1Cl. The van der Waals surface area contributed by atoms with Gasteiger partial charge in [0.2, 0.25) is 0 Å². The van der Waals surface area contributed by atoms with Gasteiger partial charge in [-0.2, -0.15) is 0 Å². The van der Waals surface area contributed by atoms with Gasteiger partial charge >= 0.3 is 5.97 Å². The van der Waals surface area contributed by atoms with Crippen molar-refractivity contribution in [1.82, 2.24) is 4.98 Å². The lowest BCUT2D eigenvalue weighted by Gasteiger charge is -2.15. The molecule has 1 aromatic carbocycles. The molecule has 8 heteroatoms. The van der Waals surface area contributed by atoms with E-state index in [1.165, 1.54) is 24.8 Å². The first-order valence-electron chi connectivity index (χ1n) is 6.88. The summed E-state index contributed by atoms with van der Waals surface area (Å²) in [5, 5.41) is 3.89. The van der Waals surface area contributed by atoms with Gasteiger partial charge in [-0.1, -0.05) is 23.2 Å². The lowest BCUT2D eigenvalue weighted by Crippen LogP contribution is -2.30. The predicted octanol–water partition coefficient (Wildman–Crippen LogP) is 4.29. The lowest BCUT2D eigenvalue weighted by molar-refractivity contribution is -0.123. The maximum Gasteiger partial charge on any atom is 0.341 e. The molecule has 126 valence electrons. The second-order valence-electron chi connectivity index (χ2n) is 4.72. The number of halogens is 2. The van der Waals surface area contributed by atoms with E-state index < -0.39 is 18.0 Å². The zero-order valence-corrected chi connectivity index (χ0v) is 15.2. The summed E-state index contributed by atoms with van der Waals surface area (Å²) in [6, 6.07) is 7.91. The average molecular weight is 385 g/mol. The minimum absolute atomic E-state index is 0.298. The Hall–Kier alpha value is -1.76. The molecule has 2 aromatic rings. The Morgan fingerprint density at radius 2 is 2.04 bits per heavy atom. The van der Waals surface area contributed by atoms with Gasteiger partial charge in [0.25, 0.3) is 5.91 Å². The number of rotatable bonds is 5. The molecule has 2 rings (SSSR count). The minimum Gasteiger partial charge on any atom is -0.449 e. The number of esters is 1. The standard InChI is InChI=1S/C16H14Cl2N2O3S/c1-9(14(21)20-13-6-5-10(17)8-12(13)18)23-16(22)11-4-3-7-19-15(11)24-2/h3-9H,1-2H3,(H,20,21)/t9-/m0/s1. The molecule has 0 fully saturated rings. The molecule has 24 heavy (non-hydrogen) atoms. The number of benzene rings is 1. The third kappa shape index (κ3) is 4.63. The fraction of sp³-hybridized carbons (Fsp3) is 0.188. The summed E-state index contributed by atoms with van der Waals surface area (Å²) in [5.74, 6) is -1.11. The van der Waals surface area contributed by atoms with Crippen LogP contribution in [0.15, 0.2) is 41.6 Å². The molecule has 0 aliphatic carbocycles. The van der Waals surface area contributed by atoms with Crippen LogP contribution in [0.5, 0.6) is 0 Å². The predicted molar refractivity (Wildman–Crippen MR) is 96.0 cm³/mol. The van der Waals surface area contributed by atoms with Gasteiger partial charge in [0.15, 0.2) is 6.10 Å². The molecule has 0 unspecified atom stereocenters. The van der Waals surface area contributed by atoms with Crippen molar-refractivity contribution in [2.24, 2.45) is 0 Å². The molecular formula is C16H14Cl2N2O3S. The zero-order valence-electron chi connectivity index (χ0n) is 12.9. The number of hydrogen-bond acceptors (Lipinski definition) is 5. The number of anilines is 1. The second-order valence-corrected chi connectivity index (χ2v) is 6.36. The fourth-order valence-corrected chi connectivity index (χ4v) is 2.80. The Bertz CT molecular complexity index is 771. The normalized spacial score (nSPS) is 11.7. The number of nitrogens with one attached hydrogen (secondary N) is 1. The smallest absolute Gasteiger partial charge is 0.341 e. The molecule has 0 bridgehead atoms. The van der Waals surface area contributed by atoms with Gasteiger partial charge in [0, 0.05) is 11.2 Å². The van der Waals surface area contributed by atoms with Crippen LogP contribution in [0, 0.1) is 0 Å². The highest BCUT2D eigenvalue weighted by Gasteiger charge is 2.21. The van der Waals surface area contributed by atoms with Gasteiger partial charge in [0.05, 0.1) is 16.3 Å². The zero-order chi connectivity index (χ0) is 17.7. The van der Waals surface area contributed by atoms with E-state index >= 15 is 0 Å². The summed E-state index contributed by atoms with van der Waals surface area (Å²) in [7, 11) is 0. The number of amides is 1. The molecule has 0 aliphatic heterocycles. The fourth-order valence-electron chi connectivity index (χ4n) is 1.81. The monoisotopic (exact) mass is 384 g/mol. The Kier molecular flexibility index (Phi) is 6.48. The van der Waals surface area contributed by atoms with Crippen LogP contribution in [0.3, 0.4) is 0 Å². The third-order valence-electron chi connectivity index (χ3n) is 3.03. The number of nitrogens with zero attached hydrogens (tertiary/aromatic N) is 1. The van der Waals surface area contributed by atoms with E-state index in [2.05, 4.69) is 10.3 Å². The molecule has 1 heterocycles. The number of carbonyl (C=O) groups is 2. The van der Waals surface area contributed by atoms with E-state index in [9.17, 15) is 9.59 Å². The summed E-state index contributed by atoms with van der Waals surface area (Å²) in [6.07, 6.45) is 2.39. The van der Waals surface area contributed by atoms with Crippen molar-refractivity contribution in [2.75, 3.05) is 11.6 Å². The molecule has 1 aromatic heterocycles. The minimum atomic E-state index is -1.00. The van der Waals surface area contributed by atoms with Crippen molar-refractivity contribution >= 4 is 52.5 Å². The van der Waals surface area contributed by atoms with Gasteiger partial charge < -0.3 is 10.1 Å². The van der Waals surface area contributed by atoms with E-state index in [4.69, 9.17) is 27.9 Å². The molecule has 0 saturated heterocycles. The van der Waals surface area contributed by atoms with Crippen LogP contribution in [-0.2, 0) is 9.53 Å². The van der Waals surface area contributed by atoms with Gasteiger partial charge in [0.1, 0.15) is 5.03 Å². The summed E-state index contributed by atoms with van der Waals surface area (Å²) in [4.78, 5) is 28.5. The van der Waals surface area contributed by atoms with E-state index in [0.29, 0.717) is 26.3 Å². The topological polar surface area (TPSA) is 68.3 Å². The molecular weight excluding hydrogens is 371 g/mol. The average Bonchev–Trinajstić information content (AvgIpc) is 2.57. The molecule has 0 saturated carbocycles. The van der Waals surface area contributed by atoms with Crippen LogP contribution in [0.1, 0.15) is 17.3 Å². The number of hydrogen-bond donors (Lipinski definition) is 1. The van der Waals surface area contributed by atoms with Crippen LogP contribution >= 0.6 is 35.0 Å². The lowest BCUT2D eigenvalue weighted by atomic mass is 10.2. The Balaban J connectivity index is 2.04. The summed E-state index contributed by atoms with van der Waals surface area (Å²) >= 11 is 13.1. The largest absolute Gasteiger partial charge is 0.449 e. The van der Waals surface area contributed by atoms with Crippen LogP contribution in [0.25, 0.3) is 0 Å². The summed E-state index contributed by atoms with van der Waals surface area (Å²) in [5.41, 5.74) is 0.703. The van der Waals surface area contributed by atoms with Gasteiger partial charge in [-0.05, 0) is 43.5 Å². The highest BCUT2D eigenvalue weighted by molar-refractivity contribution is 7.98. The molecule has 0 radical (unpaired) electrons. The van der Waals surface area contributed by atoms with Crippen LogP contribution in [0.2, 0.25) is 10.0 Å². The Morgan fingerprint density at radius 1 is 1.29 bits per heavy atom. The number of thioether (sulfide) groups is 1. The van der Waals surface area contributed by atoms with Gasteiger partial charge in [-0.3, -0.25) is 4.79 Å². The highest BCUT2D eigenvalue weighted by Crippen LogP contribution is 2.25.